The summed E-state index contributed by atoms with van der Waals surface area (Å²) in [6.45, 7) is 3.23. The zero-order valence-corrected chi connectivity index (χ0v) is 17.0. The van der Waals surface area contributed by atoms with Crippen molar-refractivity contribution >= 4 is 46.6 Å². The normalized spacial score (nSPS) is 18.1. The maximum atomic E-state index is 12.3. The number of cyclic esters (lactones) is 2. The topological polar surface area (TPSA) is 165 Å². The molecule has 0 unspecified atom stereocenters. The number of carbonyl (C=O) groups is 6. The molecular formula is C17H24N2O9S. The van der Waals surface area contributed by atoms with Crippen molar-refractivity contribution in [2.45, 2.75) is 39.2 Å². The van der Waals surface area contributed by atoms with E-state index >= 15 is 0 Å². The number of thioether (sulfide) groups is 1. The van der Waals surface area contributed by atoms with Gasteiger partial charge in [0, 0.05) is 37.1 Å². The third-order valence-corrected chi connectivity index (χ3v) is 4.73. The molecular weight excluding hydrogens is 408 g/mol. The molecule has 0 aromatic carbocycles. The third kappa shape index (κ3) is 8.94. The molecule has 1 aliphatic rings. The van der Waals surface area contributed by atoms with Crippen molar-refractivity contribution in [2.24, 2.45) is 5.41 Å². The van der Waals surface area contributed by atoms with Gasteiger partial charge >= 0.3 is 17.9 Å². The molecule has 12 heteroatoms. The van der Waals surface area contributed by atoms with E-state index in [0.717, 1.165) is 11.8 Å². The van der Waals surface area contributed by atoms with E-state index in [4.69, 9.17) is 14.6 Å². The van der Waals surface area contributed by atoms with Gasteiger partial charge in [-0.25, -0.2) is 9.59 Å². The van der Waals surface area contributed by atoms with Gasteiger partial charge in [-0.1, -0.05) is 25.6 Å². The lowest BCUT2D eigenvalue weighted by Gasteiger charge is -2.28. The Labute approximate surface area is 171 Å². The lowest BCUT2D eigenvalue weighted by atomic mass is 9.87. The van der Waals surface area contributed by atoms with Crippen LogP contribution in [0.1, 0.15) is 33.1 Å². The molecule has 0 saturated carbocycles. The molecule has 1 aliphatic heterocycles. The number of hydrogen-bond donors (Lipinski definition) is 3. The van der Waals surface area contributed by atoms with Crippen molar-refractivity contribution < 1.29 is 43.3 Å². The lowest BCUT2D eigenvalue weighted by molar-refractivity contribution is -0.168. The maximum Gasteiger partial charge on any atom is 0.418 e. The largest absolute Gasteiger partial charge is 0.481 e. The Hall–Kier alpha value is -2.63. The maximum absolute atomic E-state index is 12.3. The molecule has 1 saturated heterocycles. The van der Waals surface area contributed by atoms with Gasteiger partial charge in [-0.2, -0.15) is 0 Å². The number of amides is 2. The number of rotatable bonds is 10. The van der Waals surface area contributed by atoms with Crippen LogP contribution in [0.25, 0.3) is 0 Å². The molecule has 0 spiro atoms. The molecule has 2 amide bonds. The van der Waals surface area contributed by atoms with E-state index < -0.39 is 35.3 Å². The molecule has 1 fully saturated rings. The van der Waals surface area contributed by atoms with E-state index in [1.807, 2.05) is 0 Å². The van der Waals surface area contributed by atoms with Crippen molar-refractivity contribution in [3.05, 3.63) is 0 Å². The van der Waals surface area contributed by atoms with Gasteiger partial charge in [-0.15, -0.1) is 0 Å². The summed E-state index contributed by atoms with van der Waals surface area (Å²) in [5.74, 6) is -4.16. The highest BCUT2D eigenvalue weighted by Gasteiger charge is 2.44. The van der Waals surface area contributed by atoms with Crippen molar-refractivity contribution in [2.75, 3.05) is 25.4 Å². The summed E-state index contributed by atoms with van der Waals surface area (Å²) in [6, 6.07) is 0. The molecule has 0 radical (unpaired) electrons. The highest BCUT2D eigenvalue weighted by molar-refractivity contribution is 8.13. The Morgan fingerprint density at radius 2 is 1.76 bits per heavy atom. The van der Waals surface area contributed by atoms with Gasteiger partial charge in [-0.05, 0) is 0 Å². The molecule has 29 heavy (non-hydrogen) atoms. The van der Waals surface area contributed by atoms with Gasteiger partial charge in [0.15, 0.2) is 11.2 Å². The Morgan fingerprint density at radius 1 is 1.07 bits per heavy atom. The molecule has 0 aliphatic carbocycles. The third-order valence-electron chi connectivity index (χ3n) is 3.80. The highest BCUT2D eigenvalue weighted by Crippen LogP contribution is 2.27. The number of ether oxygens (including phenoxy) is 2. The molecule has 0 aromatic rings. The molecule has 0 bridgehead atoms. The van der Waals surface area contributed by atoms with Crippen LogP contribution in [-0.2, 0) is 38.2 Å². The molecule has 162 valence electrons. The van der Waals surface area contributed by atoms with Gasteiger partial charge in [-0.3, -0.25) is 19.2 Å². The first-order valence-corrected chi connectivity index (χ1v) is 9.81. The minimum absolute atomic E-state index is 0.0196. The van der Waals surface area contributed by atoms with E-state index in [-0.39, 0.29) is 50.0 Å². The van der Waals surface area contributed by atoms with E-state index in [1.165, 1.54) is 0 Å². The summed E-state index contributed by atoms with van der Waals surface area (Å²) < 4.78 is 9.64. The summed E-state index contributed by atoms with van der Waals surface area (Å²) in [7, 11) is 0. The number of carboxylic acids is 1. The fourth-order valence-electron chi connectivity index (χ4n) is 2.23. The molecule has 3 N–H and O–H groups in total. The predicted octanol–water partition coefficient (Wildman–Crippen LogP) is -0.772. The van der Waals surface area contributed by atoms with Gasteiger partial charge in [0.2, 0.25) is 5.91 Å². The Kier molecular flexibility index (Phi) is 9.59. The Morgan fingerprint density at radius 3 is 2.41 bits per heavy atom. The van der Waals surface area contributed by atoms with E-state index in [0.29, 0.717) is 5.75 Å². The summed E-state index contributed by atoms with van der Waals surface area (Å²) in [5.41, 5.74) is -0.932. The number of aliphatic carboxylic acids is 1. The van der Waals surface area contributed by atoms with Gasteiger partial charge < -0.3 is 25.2 Å². The van der Waals surface area contributed by atoms with Crippen LogP contribution in [0.15, 0.2) is 0 Å². The van der Waals surface area contributed by atoms with Crippen LogP contribution in [0.3, 0.4) is 0 Å². The molecule has 0 aromatic heterocycles. The fourth-order valence-corrected chi connectivity index (χ4v) is 2.90. The smallest absolute Gasteiger partial charge is 0.418 e. The molecule has 1 heterocycles. The number of nitrogens with one attached hydrogen (secondary N) is 2. The molecule has 11 nitrogen and oxygen atoms in total. The van der Waals surface area contributed by atoms with Crippen LogP contribution < -0.4 is 10.6 Å². The lowest BCUT2D eigenvalue weighted by Crippen LogP contribution is -2.47. The van der Waals surface area contributed by atoms with Crippen LogP contribution >= 0.6 is 11.8 Å². The summed E-state index contributed by atoms with van der Waals surface area (Å²) >= 11 is 0.935. The van der Waals surface area contributed by atoms with E-state index in [9.17, 15) is 28.8 Å². The zero-order valence-electron chi connectivity index (χ0n) is 16.1. The first kappa shape index (κ1) is 24.4. The SMILES string of the molecule is CC1(C)COC(=O)C(=O)O[C@H]1C(=O)NCCC(=O)NCCSC(=O)CCC(=O)O. The molecule has 1 rings (SSSR count). The first-order chi connectivity index (χ1) is 13.5. The number of hydrogen-bond acceptors (Lipinski definition) is 9. The quantitative estimate of drug-likeness (QED) is 0.227. The van der Waals surface area contributed by atoms with E-state index in [1.54, 1.807) is 13.8 Å². The van der Waals surface area contributed by atoms with Gasteiger partial charge in [0.1, 0.15) is 6.61 Å². The predicted molar refractivity (Wildman–Crippen MR) is 99.6 cm³/mol. The second-order valence-corrected chi connectivity index (χ2v) is 8.01. The van der Waals surface area contributed by atoms with Crippen LogP contribution in [-0.4, -0.2) is 71.5 Å². The number of esters is 2. The monoisotopic (exact) mass is 432 g/mol. The summed E-state index contributed by atoms with van der Waals surface area (Å²) in [5, 5.41) is 13.3. The van der Waals surface area contributed by atoms with E-state index in [2.05, 4.69) is 10.6 Å². The Bertz CT molecular complexity index is 678. The van der Waals surface area contributed by atoms with Gasteiger partial charge in [0.25, 0.3) is 5.91 Å². The average Bonchev–Trinajstić information content (AvgIpc) is 2.74. The highest BCUT2D eigenvalue weighted by atomic mass is 32.2. The second-order valence-electron chi connectivity index (χ2n) is 6.86. The van der Waals surface area contributed by atoms with Gasteiger partial charge in [0.05, 0.1) is 6.42 Å². The van der Waals surface area contributed by atoms with Crippen LogP contribution in [0, 0.1) is 5.41 Å². The van der Waals surface area contributed by atoms with Crippen LogP contribution in [0.2, 0.25) is 0 Å². The number of carbonyl (C=O) groups excluding carboxylic acids is 5. The van der Waals surface area contributed by atoms with Crippen molar-refractivity contribution in [1.29, 1.82) is 0 Å². The minimum Gasteiger partial charge on any atom is -0.481 e. The van der Waals surface area contributed by atoms with Crippen molar-refractivity contribution in [1.82, 2.24) is 10.6 Å². The zero-order chi connectivity index (χ0) is 22.0. The van der Waals surface area contributed by atoms with Crippen LogP contribution in [0.4, 0.5) is 0 Å². The molecule has 1 atom stereocenters. The minimum atomic E-state index is -1.25. The fraction of sp³-hybridized carbons (Fsp3) is 0.647. The second kappa shape index (κ2) is 11.4. The number of carboxylic acid groups (broad SMARTS) is 1. The van der Waals surface area contributed by atoms with Crippen LogP contribution in [0.5, 0.6) is 0 Å². The Balaban J connectivity index is 2.28. The summed E-state index contributed by atoms with van der Waals surface area (Å²) in [4.78, 5) is 68.5. The van der Waals surface area contributed by atoms with Crippen molar-refractivity contribution in [3.63, 3.8) is 0 Å². The summed E-state index contributed by atoms with van der Waals surface area (Å²) in [6.07, 6.45) is -1.58. The first-order valence-electron chi connectivity index (χ1n) is 8.82. The standard InChI is InChI=1S/C17H24N2O9S/c1-17(2)9-27-15(25)16(26)28-13(17)14(24)19-6-5-10(20)18-7-8-29-12(23)4-3-11(21)22/h13H,3-9H2,1-2H3,(H,18,20)(H,19,24)(H,21,22)/t13-/m0/s1. The average molecular weight is 432 g/mol. The van der Waals surface area contributed by atoms with Crippen molar-refractivity contribution in [3.8, 4) is 0 Å².